The van der Waals surface area contributed by atoms with Crippen molar-refractivity contribution in [2.45, 2.75) is 46.6 Å². The fourth-order valence-corrected chi connectivity index (χ4v) is 2.13. The minimum absolute atomic E-state index is 0.354. The summed E-state index contributed by atoms with van der Waals surface area (Å²) in [6.45, 7) is 16.9. The van der Waals surface area contributed by atoms with Crippen molar-refractivity contribution < 1.29 is 38.0 Å². The van der Waals surface area contributed by atoms with Gasteiger partial charge >= 0.3 is 6.09 Å². The van der Waals surface area contributed by atoms with E-state index >= 15 is 0 Å². The average Bonchev–Trinajstić information content (AvgIpc) is 2.73. The lowest BCUT2D eigenvalue weighted by Gasteiger charge is -2.24. The molecular weight excluding hydrogens is 418 g/mol. The van der Waals surface area contributed by atoms with Gasteiger partial charge in [-0.15, -0.1) is 0 Å². The Morgan fingerprint density at radius 2 is 1.09 bits per heavy atom. The van der Waals surface area contributed by atoms with Crippen LogP contribution in [0.25, 0.3) is 0 Å². The van der Waals surface area contributed by atoms with Gasteiger partial charge in [0.1, 0.15) is 5.60 Å². The number of likely N-dealkylation sites (N-methyl/N-ethyl adjacent to an activating group) is 1. The Balaban J connectivity index is 3.23. The molecule has 1 unspecified atom stereocenters. The summed E-state index contributed by atoms with van der Waals surface area (Å²) < 4.78 is 38.0. The molecule has 0 aromatic rings. The van der Waals surface area contributed by atoms with Crippen LogP contribution in [0, 0.1) is 5.92 Å². The summed E-state index contributed by atoms with van der Waals surface area (Å²) in [5.74, 6) is 0.599. The number of amides is 1. The number of hydrogen-bond donors (Lipinski definition) is 0. The largest absolute Gasteiger partial charge is 0.444 e. The van der Waals surface area contributed by atoms with E-state index in [2.05, 4.69) is 13.8 Å². The number of rotatable bonds is 21. The Bertz CT molecular complexity index is 431. The molecule has 0 aliphatic rings. The fourth-order valence-electron chi connectivity index (χ4n) is 2.13. The quantitative estimate of drug-likeness (QED) is 0.239. The summed E-state index contributed by atoms with van der Waals surface area (Å²) >= 11 is 0. The SMILES string of the molecule is CCC(C)COCCOCCOCCOCCOCCOCCN(C)C(=O)OC(C)(C)C. The summed E-state index contributed by atoms with van der Waals surface area (Å²) in [5, 5.41) is 0. The van der Waals surface area contributed by atoms with Gasteiger partial charge in [-0.1, -0.05) is 20.3 Å². The first-order chi connectivity index (χ1) is 15.3. The molecule has 0 heterocycles. The minimum atomic E-state index is -0.495. The van der Waals surface area contributed by atoms with Gasteiger partial charge < -0.3 is 38.1 Å². The highest BCUT2D eigenvalue weighted by Crippen LogP contribution is 2.08. The molecule has 0 saturated carbocycles. The Morgan fingerprint density at radius 3 is 1.47 bits per heavy atom. The Labute approximate surface area is 194 Å². The van der Waals surface area contributed by atoms with Gasteiger partial charge in [0.25, 0.3) is 0 Å². The molecule has 0 radical (unpaired) electrons. The fraction of sp³-hybridized carbons (Fsp3) is 0.957. The standard InChI is InChI=1S/C23H47NO8/c1-7-21(2)20-31-19-18-30-17-16-29-15-14-28-13-12-27-11-10-26-9-8-24(6)22(25)32-23(3,4)5/h21H,7-20H2,1-6H3. The van der Waals surface area contributed by atoms with Crippen LogP contribution < -0.4 is 0 Å². The van der Waals surface area contributed by atoms with E-state index in [1.165, 1.54) is 4.90 Å². The molecular formula is C23H47NO8. The Kier molecular flexibility index (Phi) is 20.0. The van der Waals surface area contributed by atoms with Crippen LogP contribution >= 0.6 is 0 Å². The van der Waals surface area contributed by atoms with Gasteiger partial charge in [-0.05, 0) is 26.7 Å². The molecule has 9 heteroatoms. The van der Waals surface area contributed by atoms with Gasteiger partial charge in [0.15, 0.2) is 0 Å². The molecule has 0 aliphatic heterocycles. The molecule has 0 rings (SSSR count). The van der Waals surface area contributed by atoms with Gasteiger partial charge in [-0.25, -0.2) is 4.79 Å². The van der Waals surface area contributed by atoms with Crippen LogP contribution in [-0.2, 0) is 33.2 Å². The normalized spacial score (nSPS) is 12.7. The van der Waals surface area contributed by atoms with E-state index in [9.17, 15) is 4.79 Å². The molecule has 1 amide bonds. The van der Waals surface area contributed by atoms with E-state index < -0.39 is 5.60 Å². The van der Waals surface area contributed by atoms with Crippen molar-refractivity contribution in [2.24, 2.45) is 5.92 Å². The lowest BCUT2D eigenvalue weighted by Crippen LogP contribution is -2.36. The van der Waals surface area contributed by atoms with Crippen molar-refractivity contribution in [3.63, 3.8) is 0 Å². The van der Waals surface area contributed by atoms with E-state index in [4.69, 9.17) is 33.2 Å². The van der Waals surface area contributed by atoms with E-state index in [1.807, 2.05) is 20.8 Å². The van der Waals surface area contributed by atoms with E-state index in [-0.39, 0.29) is 6.09 Å². The third-order valence-corrected chi connectivity index (χ3v) is 4.24. The van der Waals surface area contributed by atoms with E-state index in [0.29, 0.717) is 85.1 Å². The van der Waals surface area contributed by atoms with Crippen LogP contribution in [0.2, 0.25) is 0 Å². The first kappa shape index (κ1) is 31.0. The second-order valence-corrected chi connectivity index (χ2v) is 8.55. The maximum atomic E-state index is 11.8. The molecule has 0 saturated heterocycles. The van der Waals surface area contributed by atoms with Crippen LogP contribution in [0.4, 0.5) is 4.79 Å². The average molecular weight is 466 g/mol. The number of ether oxygens (including phenoxy) is 7. The first-order valence-electron chi connectivity index (χ1n) is 11.7. The molecule has 0 fully saturated rings. The predicted molar refractivity (Wildman–Crippen MR) is 123 cm³/mol. The molecule has 9 nitrogen and oxygen atoms in total. The first-order valence-corrected chi connectivity index (χ1v) is 11.7. The molecule has 0 aromatic carbocycles. The van der Waals surface area contributed by atoms with E-state index in [0.717, 1.165) is 13.0 Å². The second kappa shape index (κ2) is 20.6. The minimum Gasteiger partial charge on any atom is -0.444 e. The molecule has 0 aromatic heterocycles. The van der Waals surface area contributed by atoms with Crippen LogP contribution in [-0.4, -0.2) is 109 Å². The van der Waals surface area contributed by atoms with Crippen molar-refractivity contribution in [3.8, 4) is 0 Å². The van der Waals surface area contributed by atoms with Crippen molar-refractivity contribution in [2.75, 3.05) is 92.9 Å². The molecule has 0 bridgehead atoms. The topological polar surface area (TPSA) is 84.9 Å². The van der Waals surface area contributed by atoms with Crippen molar-refractivity contribution in [1.82, 2.24) is 4.90 Å². The number of carbonyl (C=O) groups is 1. The predicted octanol–water partition coefficient (Wildman–Crippen LogP) is 3.00. The van der Waals surface area contributed by atoms with Crippen molar-refractivity contribution in [3.05, 3.63) is 0 Å². The lowest BCUT2D eigenvalue weighted by molar-refractivity contribution is -0.0191. The van der Waals surface area contributed by atoms with Crippen LogP contribution in [0.3, 0.4) is 0 Å². The van der Waals surface area contributed by atoms with Crippen LogP contribution in [0.15, 0.2) is 0 Å². The Morgan fingerprint density at radius 1 is 0.719 bits per heavy atom. The van der Waals surface area contributed by atoms with Gasteiger partial charge in [0.05, 0.1) is 72.7 Å². The third kappa shape index (κ3) is 22.2. The zero-order chi connectivity index (χ0) is 24.1. The second-order valence-electron chi connectivity index (χ2n) is 8.55. The van der Waals surface area contributed by atoms with Crippen LogP contribution in [0.1, 0.15) is 41.0 Å². The molecule has 0 aliphatic carbocycles. The highest BCUT2D eigenvalue weighted by atomic mass is 16.6. The van der Waals surface area contributed by atoms with E-state index in [1.54, 1.807) is 7.05 Å². The summed E-state index contributed by atoms with van der Waals surface area (Å²) in [6, 6.07) is 0. The summed E-state index contributed by atoms with van der Waals surface area (Å²) in [5.41, 5.74) is -0.495. The smallest absolute Gasteiger partial charge is 0.410 e. The van der Waals surface area contributed by atoms with Crippen molar-refractivity contribution >= 4 is 6.09 Å². The zero-order valence-corrected chi connectivity index (χ0v) is 21.2. The van der Waals surface area contributed by atoms with Crippen LogP contribution in [0.5, 0.6) is 0 Å². The third-order valence-electron chi connectivity index (χ3n) is 4.24. The highest BCUT2D eigenvalue weighted by Gasteiger charge is 2.19. The summed E-state index contributed by atoms with van der Waals surface area (Å²) in [7, 11) is 1.69. The summed E-state index contributed by atoms with van der Waals surface area (Å²) in [4.78, 5) is 13.3. The van der Waals surface area contributed by atoms with Gasteiger partial charge in [-0.3, -0.25) is 0 Å². The number of hydrogen-bond acceptors (Lipinski definition) is 8. The highest BCUT2D eigenvalue weighted by molar-refractivity contribution is 5.67. The van der Waals surface area contributed by atoms with Crippen molar-refractivity contribution in [1.29, 1.82) is 0 Å². The lowest BCUT2D eigenvalue weighted by atomic mass is 10.1. The molecule has 0 spiro atoms. The van der Waals surface area contributed by atoms with Gasteiger partial charge in [-0.2, -0.15) is 0 Å². The molecule has 32 heavy (non-hydrogen) atoms. The maximum absolute atomic E-state index is 11.8. The van der Waals surface area contributed by atoms with Gasteiger partial charge in [0, 0.05) is 20.2 Å². The molecule has 0 N–H and O–H groups in total. The molecule has 1 atom stereocenters. The molecule has 192 valence electrons. The van der Waals surface area contributed by atoms with Gasteiger partial charge in [0.2, 0.25) is 0 Å². The zero-order valence-electron chi connectivity index (χ0n) is 21.2. The summed E-state index contributed by atoms with van der Waals surface area (Å²) in [6.07, 6.45) is 0.779. The number of nitrogens with zero attached hydrogens (tertiary/aromatic N) is 1. The Hall–Kier alpha value is -0.970. The number of carbonyl (C=O) groups excluding carboxylic acids is 1. The monoisotopic (exact) mass is 465 g/mol. The maximum Gasteiger partial charge on any atom is 0.410 e.